The van der Waals surface area contributed by atoms with Crippen LogP contribution in [0.1, 0.15) is 31.5 Å². The van der Waals surface area contributed by atoms with E-state index in [-0.39, 0.29) is 23.6 Å². The molecule has 23 heavy (non-hydrogen) atoms. The number of nitrogens with one attached hydrogen (secondary N) is 1. The maximum Gasteiger partial charge on any atom is 0.343 e. The third-order valence-corrected chi connectivity index (χ3v) is 5.04. The molecule has 8 heteroatoms. The van der Waals surface area contributed by atoms with E-state index in [0.29, 0.717) is 13.2 Å². The number of piperidine rings is 1. The van der Waals surface area contributed by atoms with E-state index in [0.717, 1.165) is 44.8 Å². The van der Waals surface area contributed by atoms with Crippen LogP contribution < -0.4 is 5.69 Å². The molecule has 0 spiro atoms. The number of amides is 1. The van der Waals surface area contributed by atoms with E-state index in [1.54, 1.807) is 11.6 Å². The van der Waals surface area contributed by atoms with E-state index in [1.807, 2.05) is 11.8 Å². The molecule has 1 amide bonds. The number of hydrogen-bond acceptors (Lipinski definition) is 5. The van der Waals surface area contributed by atoms with Crippen LogP contribution in [0.2, 0.25) is 0 Å². The standard InChI is InChI=1S/C15H25N5O3/c1-11(19-7-9-23-10-8-19)14(21)20-5-3-12(4-6-20)13-16-17-15(22)18(13)2/h11-12H,3-10H2,1-2H3,(H,17,22). The summed E-state index contributed by atoms with van der Waals surface area (Å²) in [5, 5.41) is 6.61. The normalized spacial score (nSPS) is 22.3. The maximum absolute atomic E-state index is 12.7. The fraction of sp³-hybridized carbons (Fsp3) is 0.800. The van der Waals surface area contributed by atoms with Crippen molar-refractivity contribution < 1.29 is 9.53 Å². The van der Waals surface area contributed by atoms with E-state index in [2.05, 4.69) is 15.1 Å². The average molecular weight is 323 g/mol. The fourth-order valence-electron chi connectivity index (χ4n) is 3.47. The van der Waals surface area contributed by atoms with Gasteiger partial charge in [0, 0.05) is 39.1 Å². The van der Waals surface area contributed by atoms with Crippen molar-refractivity contribution in [1.29, 1.82) is 0 Å². The topological polar surface area (TPSA) is 83.5 Å². The molecular weight excluding hydrogens is 298 g/mol. The molecular formula is C15H25N5O3. The highest BCUT2D eigenvalue weighted by Gasteiger charge is 2.31. The fourth-order valence-corrected chi connectivity index (χ4v) is 3.47. The lowest BCUT2D eigenvalue weighted by molar-refractivity contribution is -0.139. The van der Waals surface area contributed by atoms with E-state index < -0.39 is 0 Å². The number of morpholine rings is 1. The number of aromatic nitrogens is 3. The van der Waals surface area contributed by atoms with Gasteiger partial charge in [-0.15, -0.1) is 0 Å². The number of likely N-dealkylation sites (tertiary alicyclic amines) is 1. The van der Waals surface area contributed by atoms with Crippen LogP contribution in [0.3, 0.4) is 0 Å². The first-order valence-electron chi connectivity index (χ1n) is 8.30. The Bertz CT molecular complexity index is 596. The number of carbonyl (C=O) groups excluding carboxylic acids is 1. The third kappa shape index (κ3) is 3.32. The van der Waals surface area contributed by atoms with Crippen molar-refractivity contribution in [2.24, 2.45) is 7.05 Å². The van der Waals surface area contributed by atoms with E-state index in [1.165, 1.54) is 0 Å². The Morgan fingerprint density at radius 3 is 2.48 bits per heavy atom. The van der Waals surface area contributed by atoms with Crippen molar-refractivity contribution in [3.8, 4) is 0 Å². The Balaban J connectivity index is 1.56. The summed E-state index contributed by atoms with van der Waals surface area (Å²) >= 11 is 0. The number of nitrogens with zero attached hydrogens (tertiary/aromatic N) is 4. The van der Waals surface area contributed by atoms with Crippen LogP contribution >= 0.6 is 0 Å². The number of ether oxygens (including phenoxy) is 1. The molecule has 3 rings (SSSR count). The van der Waals surface area contributed by atoms with Gasteiger partial charge in [-0.05, 0) is 19.8 Å². The largest absolute Gasteiger partial charge is 0.379 e. The number of rotatable bonds is 3. The number of H-pyrrole nitrogens is 1. The minimum atomic E-state index is -0.181. The summed E-state index contributed by atoms with van der Waals surface area (Å²) in [5.74, 6) is 1.23. The summed E-state index contributed by atoms with van der Waals surface area (Å²) < 4.78 is 6.91. The van der Waals surface area contributed by atoms with Gasteiger partial charge in [-0.2, -0.15) is 5.10 Å². The van der Waals surface area contributed by atoms with Crippen molar-refractivity contribution in [2.75, 3.05) is 39.4 Å². The van der Waals surface area contributed by atoms with Gasteiger partial charge in [0.05, 0.1) is 19.3 Å². The van der Waals surface area contributed by atoms with E-state index in [4.69, 9.17) is 4.74 Å². The average Bonchev–Trinajstić information content (AvgIpc) is 2.94. The molecule has 2 aliphatic heterocycles. The minimum absolute atomic E-state index is 0.0924. The number of carbonyl (C=O) groups is 1. The van der Waals surface area contributed by atoms with Crippen molar-refractivity contribution in [2.45, 2.75) is 31.7 Å². The highest BCUT2D eigenvalue weighted by molar-refractivity contribution is 5.81. The number of hydrogen-bond donors (Lipinski definition) is 1. The molecule has 0 aliphatic carbocycles. The maximum atomic E-state index is 12.7. The van der Waals surface area contributed by atoms with E-state index in [9.17, 15) is 9.59 Å². The van der Waals surface area contributed by atoms with Gasteiger partial charge >= 0.3 is 5.69 Å². The van der Waals surface area contributed by atoms with Crippen LogP contribution in [0.15, 0.2) is 4.79 Å². The predicted molar refractivity (Wildman–Crippen MR) is 84.2 cm³/mol. The molecule has 2 aliphatic rings. The van der Waals surface area contributed by atoms with Crippen molar-refractivity contribution >= 4 is 5.91 Å². The minimum Gasteiger partial charge on any atom is -0.379 e. The molecule has 128 valence electrons. The Morgan fingerprint density at radius 1 is 1.26 bits per heavy atom. The first-order chi connectivity index (χ1) is 11.1. The highest BCUT2D eigenvalue weighted by Crippen LogP contribution is 2.26. The molecule has 1 aromatic heterocycles. The molecule has 0 aromatic carbocycles. The smallest absolute Gasteiger partial charge is 0.343 e. The number of aromatic amines is 1. The second-order valence-corrected chi connectivity index (χ2v) is 6.37. The summed E-state index contributed by atoms with van der Waals surface area (Å²) in [5.41, 5.74) is -0.181. The summed E-state index contributed by atoms with van der Waals surface area (Å²) in [6, 6.07) is -0.0924. The van der Waals surface area contributed by atoms with Gasteiger partial charge in [-0.25, -0.2) is 9.89 Å². The van der Waals surface area contributed by atoms with Crippen LogP contribution in [0.4, 0.5) is 0 Å². The van der Waals surface area contributed by atoms with Gasteiger partial charge < -0.3 is 9.64 Å². The summed E-state index contributed by atoms with van der Waals surface area (Å²) in [6.07, 6.45) is 1.69. The summed E-state index contributed by atoms with van der Waals surface area (Å²) in [6.45, 7) is 6.47. The zero-order valence-electron chi connectivity index (χ0n) is 13.8. The van der Waals surface area contributed by atoms with Gasteiger partial charge in [0.1, 0.15) is 5.82 Å². The van der Waals surface area contributed by atoms with Crippen molar-refractivity contribution in [3.05, 3.63) is 16.3 Å². The van der Waals surface area contributed by atoms with Gasteiger partial charge in [-0.3, -0.25) is 14.3 Å². The monoisotopic (exact) mass is 323 g/mol. The van der Waals surface area contributed by atoms with Crippen LogP contribution in [-0.4, -0.2) is 75.9 Å². The second kappa shape index (κ2) is 6.84. The first-order valence-corrected chi connectivity index (χ1v) is 8.30. The van der Waals surface area contributed by atoms with E-state index >= 15 is 0 Å². The molecule has 1 atom stereocenters. The van der Waals surface area contributed by atoms with Crippen LogP contribution in [0.5, 0.6) is 0 Å². The molecule has 0 saturated carbocycles. The molecule has 2 saturated heterocycles. The summed E-state index contributed by atoms with van der Waals surface area (Å²) in [4.78, 5) is 28.3. The van der Waals surface area contributed by atoms with Crippen LogP contribution in [0.25, 0.3) is 0 Å². The molecule has 8 nitrogen and oxygen atoms in total. The molecule has 3 heterocycles. The quantitative estimate of drug-likeness (QED) is 0.813. The molecule has 1 unspecified atom stereocenters. The van der Waals surface area contributed by atoms with Crippen molar-refractivity contribution in [1.82, 2.24) is 24.6 Å². The molecule has 2 fully saturated rings. The first kappa shape index (κ1) is 16.2. The Labute approximate surface area is 135 Å². The highest BCUT2D eigenvalue weighted by atomic mass is 16.5. The van der Waals surface area contributed by atoms with Gasteiger partial charge in [-0.1, -0.05) is 0 Å². The van der Waals surface area contributed by atoms with Gasteiger partial charge in [0.2, 0.25) is 5.91 Å². The van der Waals surface area contributed by atoms with Gasteiger partial charge in [0.25, 0.3) is 0 Å². The Kier molecular flexibility index (Phi) is 4.82. The lowest BCUT2D eigenvalue weighted by Gasteiger charge is -2.37. The van der Waals surface area contributed by atoms with Gasteiger partial charge in [0.15, 0.2) is 0 Å². The SMILES string of the molecule is CC(C(=O)N1CCC(c2n[nH]c(=O)n2C)CC1)N1CCOCC1. The molecule has 0 bridgehead atoms. The lowest BCUT2D eigenvalue weighted by Crippen LogP contribution is -2.52. The molecule has 0 radical (unpaired) electrons. The van der Waals surface area contributed by atoms with Crippen molar-refractivity contribution in [3.63, 3.8) is 0 Å². The lowest BCUT2D eigenvalue weighted by atomic mass is 9.95. The molecule has 1 aromatic rings. The van der Waals surface area contributed by atoms with Crippen LogP contribution in [-0.2, 0) is 16.6 Å². The zero-order chi connectivity index (χ0) is 16.4. The summed E-state index contributed by atoms with van der Waals surface area (Å²) in [7, 11) is 1.74. The third-order valence-electron chi connectivity index (χ3n) is 5.04. The van der Waals surface area contributed by atoms with Crippen LogP contribution in [0, 0.1) is 0 Å². The zero-order valence-corrected chi connectivity index (χ0v) is 13.8. The molecule has 1 N–H and O–H groups in total. The predicted octanol–water partition coefficient (Wildman–Crippen LogP) is -0.465. The second-order valence-electron chi connectivity index (χ2n) is 6.37. The Hall–Kier alpha value is -1.67. The Morgan fingerprint density at radius 2 is 1.91 bits per heavy atom.